The lowest BCUT2D eigenvalue weighted by Gasteiger charge is -2.21. The zero-order valence-electron chi connectivity index (χ0n) is 43.0. The molecule has 22 nitrogen and oxygen atoms in total. The van der Waals surface area contributed by atoms with Crippen LogP contribution in [0, 0.1) is 5.92 Å². The molecule has 7 aromatic heterocycles. The summed E-state index contributed by atoms with van der Waals surface area (Å²) in [6.07, 6.45) is 0.363. The number of Topliss-reactive ketones (excluding diaryl/α,β-unsaturated/α-hetero) is 1. The molecule has 81 heavy (non-hydrogen) atoms. The van der Waals surface area contributed by atoms with Gasteiger partial charge in [0.2, 0.25) is 17.7 Å². The maximum Gasteiger partial charge on any atom is 0.271 e. The summed E-state index contributed by atoms with van der Waals surface area (Å²) in [6.45, 7) is 3.88. The van der Waals surface area contributed by atoms with Gasteiger partial charge in [0.1, 0.15) is 76.6 Å². The Morgan fingerprint density at radius 2 is 1.36 bits per heavy atom. The van der Waals surface area contributed by atoms with Crippen LogP contribution in [0.4, 0.5) is 0 Å². The lowest BCUT2D eigenvalue weighted by Crippen LogP contribution is -2.46. The highest BCUT2D eigenvalue weighted by Gasteiger charge is 2.38. The average molecular weight is 1200 g/mol. The molecule has 0 radical (unpaired) electrons. The van der Waals surface area contributed by atoms with Crippen LogP contribution in [0.1, 0.15) is 122 Å². The van der Waals surface area contributed by atoms with Crippen molar-refractivity contribution in [3.05, 3.63) is 118 Å². The van der Waals surface area contributed by atoms with Crippen molar-refractivity contribution in [2.45, 2.75) is 76.2 Å². The van der Waals surface area contributed by atoms with Crippen LogP contribution in [0.5, 0.6) is 0 Å². The highest BCUT2D eigenvalue weighted by Crippen LogP contribution is 2.40. The summed E-state index contributed by atoms with van der Waals surface area (Å²) in [4.78, 5) is 133. The van der Waals surface area contributed by atoms with E-state index in [1.807, 2.05) is 61.0 Å². The lowest BCUT2D eigenvalue weighted by molar-refractivity contribution is -0.132. The SMILES string of the molecule is CC(C)C1CC(=O)c2csc(n2)C(CC(N)=O)NC(=O)c2csc(n2)-c2ccc(-c3nc(C4N=C(C(=O)N5CCCC5C(N)=O)CO4)cs3)nc2-c2csc(n2)-c2csc(n2)C(Cc2ccccc2)NC(=O)CNC(=O)c2csc1n2. The van der Waals surface area contributed by atoms with E-state index in [0.29, 0.717) is 84.9 Å². The molecule has 1 aromatic carbocycles. The van der Waals surface area contributed by atoms with Gasteiger partial charge in [-0.05, 0) is 42.9 Å². The number of pyridine rings is 1. The molecule has 8 aromatic rings. The van der Waals surface area contributed by atoms with E-state index in [1.54, 1.807) is 27.6 Å². The van der Waals surface area contributed by atoms with Gasteiger partial charge in [0, 0.05) is 56.7 Å². The molecule has 1 fully saturated rings. The number of aromatic nitrogens is 7. The second-order valence-corrected chi connectivity index (χ2v) is 24.7. The predicted octanol–water partition coefficient (Wildman–Crippen LogP) is 6.94. The zero-order valence-corrected chi connectivity index (χ0v) is 47.9. The van der Waals surface area contributed by atoms with Crippen molar-refractivity contribution >= 4 is 115 Å². The monoisotopic (exact) mass is 1200 g/mol. The number of fused-ring (bicyclic) bond motifs is 14. The number of ether oxygens (including phenoxy) is 1. The van der Waals surface area contributed by atoms with Gasteiger partial charge in [0.05, 0.1) is 42.4 Å². The third-order valence-electron chi connectivity index (χ3n) is 13.5. The van der Waals surface area contributed by atoms with Crippen LogP contribution >= 0.6 is 68.0 Å². The van der Waals surface area contributed by atoms with Crippen LogP contribution in [0.15, 0.2) is 79.7 Å². The number of amides is 6. The molecule has 5 atom stereocenters. The van der Waals surface area contributed by atoms with Gasteiger partial charge in [-0.1, -0.05) is 44.2 Å². The van der Waals surface area contributed by atoms with E-state index < -0.39 is 59.8 Å². The van der Waals surface area contributed by atoms with Crippen molar-refractivity contribution in [1.82, 2.24) is 55.7 Å². The van der Waals surface area contributed by atoms with Gasteiger partial charge in [0.15, 0.2) is 12.0 Å². The minimum Gasteiger partial charge on any atom is -0.370 e. The van der Waals surface area contributed by atoms with Gasteiger partial charge in [-0.3, -0.25) is 33.6 Å². The van der Waals surface area contributed by atoms with Crippen LogP contribution in [0.25, 0.3) is 43.4 Å². The van der Waals surface area contributed by atoms with Crippen LogP contribution in [-0.4, -0.2) is 112 Å². The zero-order chi connectivity index (χ0) is 56.5. The van der Waals surface area contributed by atoms with Gasteiger partial charge >= 0.3 is 0 Å². The highest BCUT2D eigenvalue weighted by atomic mass is 32.1. The number of primary amides is 2. The Morgan fingerprint density at radius 3 is 2.15 bits per heavy atom. The number of hydrogen-bond acceptors (Lipinski definition) is 22. The Hall–Kier alpha value is -7.73. The van der Waals surface area contributed by atoms with Crippen molar-refractivity contribution in [3.63, 3.8) is 0 Å². The molecule has 3 aliphatic rings. The second-order valence-electron chi connectivity index (χ2n) is 19.4. The van der Waals surface area contributed by atoms with Crippen molar-refractivity contribution in [2.75, 3.05) is 19.7 Å². The Bertz CT molecular complexity index is 3770. The fraction of sp³-hybridized carbons (Fsp3) is 0.302. The molecule has 7 N–H and O–H groups in total. The third kappa shape index (κ3) is 12.2. The average Bonchev–Trinajstić information content (AvgIpc) is 4.53. The maximum absolute atomic E-state index is 14.1. The Morgan fingerprint density at radius 1 is 0.691 bits per heavy atom. The summed E-state index contributed by atoms with van der Waals surface area (Å²) in [6, 6.07) is 11.0. The van der Waals surface area contributed by atoms with Gasteiger partial charge < -0.3 is 37.1 Å². The molecular formula is C53H48N14O8S6. The number of ketones is 1. The number of carbonyl (C=O) groups excluding carboxylic acids is 7. The van der Waals surface area contributed by atoms with E-state index >= 15 is 0 Å². The van der Waals surface area contributed by atoms with E-state index in [4.69, 9.17) is 41.1 Å². The standard InChI is InChI=1S/C53H48N14O8S6/c1-24(2)27-14-39(68)32-18-78-51(61-32)30(15-40(54)69)59-45(73)35-21-76-47(64-35)26-10-11-28(49-65-36(22-80-49)46-60-31(17-75-46)53(74)67-12-6-9-38(67)43(55)71)58-42(26)33-19-79-52(62-33)37-23-81-50(66-37)29(13-25-7-4-3-5-8-25)57-41(70)16-56-44(72)34-20-77-48(27)63-34/h3-5,7-8,10-11,18-24,27,29-30,38,46H,6,9,12-17H2,1-2H3,(H2,54,69)(H2,55,71)(H,56,72)(H,57,70)(H,59,73). The summed E-state index contributed by atoms with van der Waals surface area (Å²) in [5, 5.41) is 21.8. The largest absolute Gasteiger partial charge is 0.370 e. The number of hydrogen-bond donors (Lipinski definition) is 5. The first-order chi connectivity index (χ1) is 39.1. The van der Waals surface area contributed by atoms with E-state index in [9.17, 15) is 33.6 Å². The summed E-state index contributed by atoms with van der Waals surface area (Å²) in [5.41, 5.74) is 15.5. The van der Waals surface area contributed by atoms with Gasteiger partial charge in [-0.15, -0.1) is 68.0 Å². The van der Waals surface area contributed by atoms with Gasteiger partial charge in [-0.25, -0.2) is 39.9 Å². The number of aliphatic imine (C=N–C) groups is 1. The van der Waals surface area contributed by atoms with E-state index in [2.05, 4.69) is 30.9 Å². The molecule has 0 aliphatic carbocycles. The van der Waals surface area contributed by atoms with Crippen LogP contribution in [0.3, 0.4) is 0 Å². The van der Waals surface area contributed by atoms with Gasteiger partial charge in [0.25, 0.3) is 17.7 Å². The number of nitrogens with two attached hydrogens (primary N) is 2. The minimum atomic E-state index is -0.995. The molecule has 0 saturated carbocycles. The molecule has 10 heterocycles. The van der Waals surface area contributed by atoms with E-state index in [1.165, 1.54) is 61.6 Å². The summed E-state index contributed by atoms with van der Waals surface area (Å²) in [7, 11) is 0. The molecular weight excluding hydrogens is 1150 g/mol. The van der Waals surface area contributed by atoms with Crippen LogP contribution in [-0.2, 0) is 30.3 Å². The second kappa shape index (κ2) is 23.8. The predicted molar refractivity (Wildman–Crippen MR) is 307 cm³/mol. The van der Waals surface area contributed by atoms with Crippen molar-refractivity contribution in [1.29, 1.82) is 0 Å². The fourth-order valence-electron chi connectivity index (χ4n) is 9.36. The number of likely N-dealkylation sites (tertiary alicyclic amines) is 1. The van der Waals surface area contributed by atoms with Crippen molar-refractivity contribution in [3.8, 4) is 43.4 Å². The maximum atomic E-state index is 14.1. The molecule has 3 aliphatic heterocycles. The van der Waals surface area contributed by atoms with E-state index in [-0.39, 0.29) is 71.4 Å². The first-order valence-corrected chi connectivity index (χ1v) is 30.7. The number of thiazole rings is 6. The highest BCUT2D eigenvalue weighted by molar-refractivity contribution is 7.15. The van der Waals surface area contributed by atoms with Crippen molar-refractivity contribution < 1.29 is 38.3 Å². The molecule has 1 saturated heterocycles. The molecule has 10 bridgehead atoms. The number of benzene rings is 1. The molecule has 414 valence electrons. The van der Waals surface area contributed by atoms with Gasteiger partial charge in [-0.2, -0.15) is 0 Å². The van der Waals surface area contributed by atoms with E-state index in [0.717, 1.165) is 16.9 Å². The molecule has 11 rings (SSSR count). The molecule has 0 spiro atoms. The first-order valence-electron chi connectivity index (χ1n) is 25.4. The summed E-state index contributed by atoms with van der Waals surface area (Å²) in [5.74, 6) is -4.06. The lowest BCUT2D eigenvalue weighted by atomic mass is 9.90. The minimum absolute atomic E-state index is 0.00788. The number of nitrogens with one attached hydrogen (secondary N) is 3. The number of rotatable bonds is 9. The Balaban J connectivity index is 0.942. The first kappa shape index (κ1) is 55.2. The Kier molecular flexibility index (Phi) is 16.2. The molecule has 28 heteroatoms. The Labute approximate surface area is 485 Å². The number of carbonyl (C=O) groups is 7. The fourth-order valence-corrected chi connectivity index (χ4v) is 14.6. The summed E-state index contributed by atoms with van der Waals surface area (Å²) < 4.78 is 5.93. The number of nitrogens with zero attached hydrogens (tertiary/aromatic N) is 9. The van der Waals surface area contributed by atoms with Crippen LogP contribution < -0.4 is 27.4 Å². The quantitative estimate of drug-likeness (QED) is 0.0977. The summed E-state index contributed by atoms with van der Waals surface area (Å²) >= 11 is 7.50. The molecule has 5 unspecified atom stereocenters. The van der Waals surface area contributed by atoms with Crippen molar-refractivity contribution in [2.24, 2.45) is 22.4 Å². The van der Waals surface area contributed by atoms with Crippen LogP contribution in [0.2, 0.25) is 0 Å². The third-order valence-corrected chi connectivity index (χ3v) is 19.0. The normalized spacial score (nSPS) is 19.9. The smallest absolute Gasteiger partial charge is 0.271 e. The topological polar surface area (TPSA) is 323 Å². The molecule has 6 amide bonds.